The van der Waals surface area contributed by atoms with E-state index in [1.54, 1.807) is 0 Å². The highest BCUT2D eigenvalue weighted by atomic mass is 79.9. The second-order valence-electron chi connectivity index (χ2n) is 4.76. The number of hydrogen-bond acceptors (Lipinski definition) is 1. The fourth-order valence-corrected chi connectivity index (χ4v) is 2.66. The molecule has 21 heavy (non-hydrogen) atoms. The monoisotopic (exact) mass is 347 g/mol. The molecular weight excluding hydrogens is 337 g/mol. The molecule has 0 spiro atoms. The molecule has 106 valence electrons. The molecule has 0 aliphatic carbocycles. The van der Waals surface area contributed by atoms with Gasteiger partial charge in [-0.15, -0.1) is 0 Å². The first kappa shape index (κ1) is 13.8. The van der Waals surface area contributed by atoms with Gasteiger partial charge >= 0.3 is 5.97 Å². The molecule has 0 saturated heterocycles. The minimum Gasteiger partial charge on any atom is -0.478 e. The van der Waals surface area contributed by atoms with E-state index >= 15 is 0 Å². The quantitative estimate of drug-likeness (QED) is 0.767. The fourth-order valence-electron chi connectivity index (χ4n) is 2.31. The third-order valence-corrected chi connectivity index (χ3v) is 3.86. The molecule has 0 fully saturated rings. The largest absolute Gasteiger partial charge is 0.478 e. The normalized spacial score (nSPS) is 11.0. The highest BCUT2D eigenvalue weighted by Gasteiger charge is 2.10. The third-order valence-electron chi connectivity index (χ3n) is 3.37. The summed E-state index contributed by atoms with van der Waals surface area (Å²) in [6.45, 7) is 0.285. The van der Waals surface area contributed by atoms with Crippen molar-refractivity contribution in [1.29, 1.82) is 0 Å². The predicted octanol–water partition coefficient (Wildman–Crippen LogP) is 4.29. The van der Waals surface area contributed by atoms with E-state index in [0.29, 0.717) is 5.56 Å². The first-order valence-corrected chi connectivity index (χ1v) is 7.10. The Hall–Kier alpha value is -2.14. The number of carbonyl (C=O) groups is 1. The lowest BCUT2D eigenvalue weighted by Gasteiger charge is -2.08. The smallest absolute Gasteiger partial charge is 0.335 e. The summed E-state index contributed by atoms with van der Waals surface area (Å²) >= 11 is 3.42. The lowest BCUT2D eigenvalue weighted by molar-refractivity contribution is 0.0696. The van der Waals surface area contributed by atoms with Gasteiger partial charge in [0.05, 0.1) is 12.1 Å². The molecular formula is C16H11BrFNO2. The first-order valence-electron chi connectivity index (χ1n) is 6.31. The van der Waals surface area contributed by atoms with Crippen LogP contribution in [0.5, 0.6) is 0 Å². The molecule has 3 rings (SSSR count). The average Bonchev–Trinajstić information content (AvgIpc) is 2.83. The van der Waals surface area contributed by atoms with Gasteiger partial charge in [-0.2, -0.15) is 0 Å². The predicted molar refractivity (Wildman–Crippen MR) is 82.1 cm³/mol. The van der Waals surface area contributed by atoms with E-state index in [1.807, 2.05) is 35.0 Å². The molecule has 1 heterocycles. The number of carboxylic acids is 1. The number of benzene rings is 2. The van der Waals surface area contributed by atoms with E-state index in [9.17, 15) is 9.18 Å². The van der Waals surface area contributed by atoms with Crippen LogP contribution in [0, 0.1) is 5.82 Å². The number of aromatic nitrogens is 1. The molecule has 0 radical (unpaired) electrons. The highest BCUT2D eigenvalue weighted by molar-refractivity contribution is 9.10. The van der Waals surface area contributed by atoms with Crippen LogP contribution in [0.1, 0.15) is 15.9 Å². The average molecular weight is 348 g/mol. The van der Waals surface area contributed by atoms with Crippen molar-refractivity contribution in [2.24, 2.45) is 0 Å². The molecule has 0 aliphatic rings. The maximum atomic E-state index is 13.9. The van der Waals surface area contributed by atoms with E-state index in [0.717, 1.165) is 15.4 Å². The van der Waals surface area contributed by atoms with E-state index in [1.165, 1.54) is 18.2 Å². The van der Waals surface area contributed by atoms with Gasteiger partial charge in [-0.25, -0.2) is 9.18 Å². The number of hydrogen-bond donors (Lipinski definition) is 1. The van der Waals surface area contributed by atoms with Crippen molar-refractivity contribution >= 4 is 32.8 Å². The zero-order chi connectivity index (χ0) is 15.0. The van der Waals surface area contributed by atoms with Gasteiger partial charge in [0.25, 0.3) is 0 Å². The standard InChI is InChI=1S/C16H11BrFNO2/c17-13-3-1-10-5-6-19(15(10)8-13)9-12-7-11(16(20)21)2-4-14(12)18/h1-8H,9H2,(H,20,21). The van der Waals surface area contributed by atoms with Gasteiger partial charge in [0.15, 0.2) is 0 Å². The highest BCUT2D eigenvalue weighted by Crippen LogP contribution is 2.22. The Balaban J connectivity index is 2.04. The molecule has 0 unspecified atom stereocenters. The van der Waals surface area contributed by atoms with Crippen molar-refractivity contribution < 1.29 is 14.3 Å². The topological polar surface area (TPSA) is 42.2 Å². The Kier molecular flexibility index (Phi) is 3.51. The molecule has 3 nitrogen and oxygen atoms in total. The van der Waals surface area contributed by atoms with Crippen LogP contribution in [-0.4, -0.2) is 15.6 Å². The van der Waals surface area contributed by atoms with Crippen molar-refractivity contribution in [3.63, 3.8) is 0 Å². The second-order valence-corrected chi connectivity index (χ2v) is 5.67. The second kappa shape index (κ2) is 5.33. The lowest BCUT2D eigenvalue weighted by atomic mass is 10.1. The van der Waals surface area contributed by atoms with Crippen LogP contribution in [0.3, 0.4) is 0 Å². The number of halogens is 2. The van der Waals surface area contributed by atoms with Gasteiger partial charge in [0.1, 0.15) is 5.82 Å². The zero-order valence-electron chi connectivity index (χ0n) is 10.9. The summed E-state index contributed by atoms with van der Waals surface area (Å²) in [7, 11) is 0. The molecule has 0 aliphatic heterocycles. The van der Waals surface area contributed by atoms with E-state index in [4.69, 9.17) is 5.11 Å². The maximum Gasteiger partial charge on any atom is 0.335 e. The number of rotatable bonds is 3. The van der Waals surface area contributed by atoms with Crippen LogP contribution in [-0.2, 0) is 6.54 Å². The van der Waals surface area contributed by atoms with E-state index in [2.05, 4.69) is 15.9 Å². The van der Waals surface area contributed by atoms with Crippen LogP contribution in [0.4, 0.5) is 4.39 Å². The molecule has 0 atom stereocenters. The van der Waals surface area contributed by atoms with Gasteiger partial charge in [-0.05, 0) is 41.8 Å². The fraction of sp³-hybridized carbons (Fsp3) is 0.0625. The van der Waals surface area contributed by atoms with Crippen molar-refractivity contribution in [1.82, 2.24) is 4.57 Å². The summed E-state index contributed by atoms with van der Waals surface area (Å²) < 4.78 is 16.7. The molecule has 1 N–H and O–H groups in total. The summed E-state index contributed by atoms with van der Waals surface area (Å²) in [4.78, 5) is 11.0. The Labute approximate surface area is 128 Å². The van der Waals surface area contributed by atoms with Crippen LogP contribution in [0.25, 0.3) is 10.9 Å². The third kappa shape index (κ3) is 2.69. The lowest BCUT2D eigenvalue weighted by Crippen LogP contribution is -2.04. The van der Waals surface area contributed by atoms with Gasteiger partial charge < -0.3 is 9.67 Å². The minimum atomic E-state index is -1.06. The Bertz CT molecular complexity index is 841. The van der Waals surface area contributed by atoms with Crippen molar-refractivity contribution in [2.75, 3.05) is 0 Å². The molecule has 5 heteroatoms. The summed E-state index contributed by atoms with van der Waals surface area (Å²) in [5.74, 6) is -1.46. The molecule has 2 aromatic carbocycles. The molecule has 0 bridgehead atoms. The Morgan fingerprint density at radius 1 is 1.19 bits per heavy atom. The summed E-state index contributed by atoms with van der Waals surface area (Å²) in [6, 6.07) is 11.7. The number of carboxylic acid groups (broad SMARTS) is 1. The Morgan fingerprint density at radius 3 is 2.76 bits per heavy atom. The maximum absolute atomic E-state index is 13.9. The summed E-state index contributed by atoms with van der Waals surface area (Å²) in [5, 5.41) is 10.0. The van der Waals surface area contributed by atoms with Gasteiger partial charge in [0, 0.05) is 21.7 Å². The van der Waals surface area contributed by atoms with Crippen molar-refractivity contribution in [3.8, 4) is 0 Å². The summed E-state index contributed by atoms with van der Waals surface area (Å²) in [5.41, 5.74) is 1.40. The van der Waals surface area contributed by atoms with Crippen LogP contribution >= 0.6 is 15.9 Å². The van der Waals surface area contributed by atoms with Crippen molar-refractivity contribution in [2.45, 2.75) is 6.54 Å². The van der Waals surface area contributed by atoms with E-state index in [-0.39, 0.29) is 12.1 Å². The summed E-state index contributed by atoms with van der Waals surface area (Å²) in [6.07, 6.45) is 1.87. The van der Waals surface area contributed by atoms with Crippen molar-refractivity contribution in [3.05, 3.63) is 70.1 Å². The Morgan fingerprint density at radius 2 is 2.00 bits per heavy atom. The molecule has 1 aromatic heterocycles. The van der Waals surface area contributed by atoms with Gasteiger partial charge in [-0.1, -0.05) is 22.0 Å². The SMILES string of the molecule is O=C(O)c1ccc(F)c(Cn2ccc3ccc(Br)cc32)c1. The number of fused-ring (bicyclic) bond motifs is 1. The molecule has 3 aromatic rings. The number of aromatic carboxylic acids is 1. The minimum absolute atomic E-state index is 0.0871. The van der Waals surface area contributed by atoms with E-state index < -0.39 is 11.8 Å². The molecule has 0 amide bonds. The van der Waals surface area contributed by atoms with Gasteiger partial charge in [-0.3, -0.25) is 0 Å². The van der Waals surface area contributed by atoms with Crippen LogP contribution in [0.15, 0.2) is 53.1 Å². The number of nitrogens with zero attached hydrogens (tertiary/aromatic N) is 1. The van der Waals surface area contributed by atoms with Gasteiger partial charge in [0.2, 0.25) is 0 Å². The zero-order valence-corrected chi connectivity index (χ0v) is 12.5. The van der Waals surface area contributed by atoms with Crippen LogP contribution in [0.2, 0.25) is 0 Å². The first-order chi connectivity index (χ1) is 10.0. The molecule has 0 saturated carbocycles. The van der Waals surface area contributed by atoms with Crippen LogP contribution < -0.4 is 0 Å².